The van der Waals surface area contributed by atoms with E-state index in [1.54, 1.807) is 0 Å². The summed E-state index contributed by atoms with van der Waals surface area (Å²) in [6.45, 7) is 4.35. The molecule has 1 unspecified atom stereocenters. The maximum absolute atomic E-state index is 11.2. The zero-order chi connectivity index (χ0) is 26.8. The number of rotatable bonds is 3. The maximum atomic E-state index is 11.2. The molecule has 2 heterocycles. The van der Waals surface area contributed by atoms with Crippen LogP contribution in [-0.4, -0.2) is 35.2 Å². The third-order valence-corrected chi connectivity index (χ3v) is 8.15. The predicted molar refractivity (Wildman–Crippen MR) is 153 cm³/mol. The number of benzene rings is 4. The van der Waals surface area contributed by atoms with E-state index in [1.807, 2.05) is 55.7 Å². The Hall–Kier alpha value is -4.24. The largest absolute Gasteiger partial charge is 0.506 e. The monoisotopic (exact) mass is 570 g/mol. The molecular weight excluding hydrogens is 548 g/mol. The minimum absolute atomic E-state index is 0.114. The molecule has 0 fully saturated rings. The van der Waals surface area contributed by atoms with Gasteiger partial charge in [0.25, 0.3) is 5.69 Å². The molecule has 0 radical (unpaired) electrons. The number of aromatic hydroxyl groups is 1. The van der Waals surface area contributed by atoms with Gasteiger partial charge in [0, 0.05) is 42.0 Å². The average molecular weight is 571 g/mol. The number of hydrogen-bond donors (Lipinski definition) is 1. The van der Waals surface area contributed by atoms with Crippen molar-refractivity contribution in [1.29, 1.82) is 0 Å². The van der Waals surface area contributed by atoms with Crippen LogP contribution in [0.2, 0.25) is 0 Å². The van der Waals surface area contributed by atoms with Gasteiger partial charge in [0.15, 0.2) is 0 Å². The van der Waals surface area contributed by atoms with E-state index < -0.39 is 10.6 Å². The fraction of sp³-hybridized carbons (Fsp3) is 0.172. The van der Waals surface area contributed by atoms with Gasteiger partial charge < -0.3 is 14.7 Å². The van der Waals surface area contributed by atoms with Crippen molar-refractivity contribution in [3.8, 4) is 11.5 Å². The number of ether oxygens (including phenoxy) is 1. The minimum atomic E-state index is -0.754. The molecule has 1 atom stereocenters. The highest BCUT2D eigenvalue weighted by Gasteiger charge is 2.58. The van der Waals surface area contributed by atoms with E-state index >= 15 is 0 Å². The van der Waals surface area contributed by atoms with E-state index in [0.29, 0.717) is 11.4 Å². The van der Waals surface area contributed by atoms with Gasteiger partial charge in [-0.3, -0.25) is 20.1 Å². The number of phenolic OH excluding ortho intramolecular Hbond substituents is 1. The second-order valence-electron chi connectivity index (χ2n) is 9.96. The predicted octanol–water partition coefficient (Wildman–Crippen LogP) is 7.19. The number of hydrogen-bond acceptors (Lipinski definition) is 7. The number of fused-ring (bicyclic) bond motifs is 4. The lowest BCUT2D eigenvalue weighted by Gasteiger charge is -2.45. The molecule has 0 saturated carbocycles. The average Bonchev–Trinajstić information content (AvgIpc) is 3.07. The number of nitro groups is 1. The molecule has 4 aromatic rings. The normalized spacial score (nSPS) is 19.1. The van der Waals surface area contributed by atoms with E-state index in [2.05, 4.69) is 51.8 Å². The Balaban J connectivity index is 1.35. The molecular formula is C29H23BrN4O4. The number of anilines is 1. The molecule has 6 rings (SSSR count). The van der Waals surface area contributed by atoms with Crippen molar-refractivity contribution in [2.75, 3.05) is 11.9 Å². The second kappa shape index (κ2) is 8.39. The number of aliphatic imine (C=N–C) groups is 2. The third kappa shape index (κ3) is 3.42. The first-order chi connectivity index (χ1) is 18.1. The van der Waals surface area contributed by atoms with Gasteiger partial charge in [-0.05, 0) is 71.1 Å². The van der Waals surface area contributed by atoms with E-state index in [0.717, 1.165) is 22.1 Å². The van der Waals surface area contributed by atoms with Crippen molar-refractivity contribution >= 4 is 61.9 Å². The van der Waals surface area contributed by atoms with Crippen molar-refractivity contribution in [3.05, 3.63) is 92.4 Å². The highest BCUT2D eigenvalue weighted by molar-refractivity contribution is 9.10. The number of phenols is 1. The van der Waals surface area contributed by atoms with Crippen LogP contribution in [0.15, 0.2) is 81.2 Å². The molecule has 0 aliphatic carbocycles. The van der Waals surface area contributed by atoms with Crippen LogP contribution in [0.5, 0.6) is 11.5 Å². The van der Waals surface area contributed by atoms with Gasteiger partial charge >= 0.3 is 0 Å². The summed E-state index contributed by atoms with van der Waals surface area (Å²) in [6, 6.07) is 20.4. The van der Waals surface area contributed by atoms with Gasteiger partial charge in [-0.15, -0.1) is 0 Å². The zero-order valence-electron chi connectivity index (χ0n) is 20.8. The molecule has 38 heavy (non-hydrogen) atoms. The maximum Gasteiger partial charge on any atom is 0.271 e. The van der Waals surface area contributed by atoms with E-state index in [1.165, 1.54) is 23.9 Å². The standard InChI is InChI=1S/C29H23BrN4O4/c1-28(2)22-6-4-5-7-24(22)33(3)29(28)16-32-26-21-10-9-19(12-17(21)8-11-25(26)38-29)31-15-18-13-20(34(36)37)14-23(30)27(18)35/h4-16,35H,1-3H3. The summed E-state index contributed by atoms with van der Waals surface area (Å²) in [6.07, 6.45) is 3.32. The van der Waals surface area contributed by atoms with Crippen molar-refractivity contribution in [2.45, 2.75) is 25.0 Å². The topological polar surface area (TPSA) is 101 Å². The Morgan fingerprint density at radius 1 is 1.13 bits per heavy atom. The van der Waals surface area contributed by atoms with E-state index in [4.69, 9.17) is 9.73 Å². The SMILES string of the molecule is CN1c2ccccc2C(C)(C)C12C=Nc1c(ccc3cc(N=Cc4cc([N+](=O)[O-])cc(Br)c4O)ccc13)O2. The van der Waals surface area contributed by atoms with Crippen molar-refractivity contribution in [3.63, 3.8) is 0 Å². The van der Waals surface area contributed by atoms with Crippen LogP contribution in [0.1, 0.15) is 25.0 Å². The molecule has 2 aliphatic heterocycles. The summed E-state index contributed by atoms with van der Waals surface area (Å²) in [4.78, 5) is 22.2. The summed E-state index contributed by atoms with van der Waals surface area (Å²) in [5.41, 5.74) is 2.73. The Morgan fingerprint density at radius 2 is 1.92 bits per heavy atom. The number of halogens is 1. The van der Waals surface area contributed by atoms with Crippen LogP contribution >= 0.6 is 15.9 Å². The lowest BCUT2D eigenvalue weighted by molar-refractivity contribution is -0.385. The van der Waals surface area contributed by atoms with Crippen LogP contribution < -0.4 is 9.64 Å². The molecule has 190 valence electrons. The molecule has 0 saturated heterocycles. The Morgan fingerprint density at radius 3 is 2.68 bits per heavy atom. The van der Waals surface area contributed by atoms with Crippen LogP contribution in [0.25, 0.3) is 10.8 Å². The molecule has 1 spiro atoms. The molecule has 0 aromatic heterocycles. The van der Waals surface area contributed by atoms with Gasteiger partial charge in [0.05, 0.1) is 26.7 Å². The number of likely N-dealkylation sites (N-methyl/N-ethyl adjacent to an activating group) is 1. The molecule has 8 nitrogen and oxygen atoms in total. The van der Waals surface area contributed by atoms with Gasteiger partial charge in [-0.2, -0.15) is 0 Å². The summed E-state index contributed by atoms with van der Waals surface area (Å²) < 4.78 is 6.98. The highest BCUT2D eigenvalue weighted by atomic mass is 79.9. The molecule has 4 aromatic carbocycles. The Labute approximate surface area is 227 Å². The fourth-order valence-corrected chi connectivity index (χ4v) is 5.87. The number of para-hydroxylation sites is 1. The summed E-state index contributed by atoms with van der Waals surface area (Å²) in [5.74, 6) is 0.590. The summed E-state index contributed by atoms with van der Waals surface area (Å²) >= 11 is 3.16. The second-order valence-corrected chi connectivity index (χ2v) is 10.8. The van der Waals surface area contributed by atoms with Crippen molar-refractivity contribution in [1.82, 2.24) is 0 Å². The highest BCUT2D eigenvalue weighted by Crippen LogP contribution is 2.54. The van der Waals surface area contributed by atoms with E-state index in [-0.39, 0.29) is 26.9 Å². The fourth-order valence-electron chi connectivity index (χ4n) is 5.41. The first-order valence-corrected chi connectivity index (χ1v) is 12.8. The smallest absolute Gasteiger partial charge is 0.271 e. The Kier molecular flexibility index (Phi) is 5.32. The molecule has 9 heteroatoms. The number of non-ortho nitro benzene ring substituents is 1. The summed E-state index contributed by atoms with van der Waals surface area (Å²) in [5, 5.41) is 23.3. The molecule has 1 N–H and O–H groups in total. The lowest BCUT2D eigenvalue weighted by Crippen LogP contribution is -2.61. The lowest BCUT2D eigenvalue weighted by atomic mass is 9.77. The van der Waals surface area contributed by atoms with Crippen LogP contribution in [0.4, 0.5) is 22.7 Å². The van der Waals surface area contributed by atoms with Crippen molar-refractivity contribution < 1.29 is 14.8 Å². The van der Waals surface area contributed by atoms with E-state index in [9.17, 15) is 15.2 Å². The number of nitro benzene ring substituents is 1. The number of nitrogens with zero attached hydrogens (tertiary/aromatic N) is 4. The third-order valence-electron chi connectivity index (χ3n) is 7.55. The molecule has 0 bridgehead atoms. The first-order valence-electron chi connectivity index (χ1n) is 12.0. The Bertz CT molecular complexity index is 1710. The first kappa shape index (κ1) is 24.1. The van der Waals surface area contributed by atoms with Gasteiger partial charge in [0.2, 0.25) is 5.72 Å². The summed E-state index contributed by atoms with van der Waals surface area (Å²) in [7, 11) is 2.04. The molecule has 2 aliphatic rings. The molecule has 0 amide bonds. The van der Waals surface area contributed by atoms with Gasteiger partial charge in [-0.1, -0.05) is 24.3 Å². The van der Waals surface area contributed by atoms with Crippen LogP contribution in [0, 0.1) is 10.1 Å². The van der Waals surface area contributed by atoms with Gasteiger partial charge in [-0.25, -0.2) is 0 Å². The van der Waals surface area contributed by atoms with Gasteiger partial charge in [0.1, 0.15) is 17.2 Å². The quantitative estimate of drug-likeness (QED) is 0.159. The van der Waals surface area contributed by atoms with Crippen LogP contribution in [0.3, 0.4) is 0 Å². The van der Waals surface area contributed by atoms with Crippen LogP contribution in [-0.2, 0) is 5.41 Å². The minimum Gasteiger partial charge on any atom is -0.506 e. The van der Waals surface area contributed by atoms with Crippen molar-refractivity contribution in [2.24, 2.45) is 9.98 Å². The zero-order valence-corrected chi connectivity index (χ0v) is 22.4.